The lowest BCUT2D eigenvalue weighted by Crippen LogP contribution is -2.48. The quantitative estimate of drug-likeness (QED) is 0.738. The first-order valence-electron chi connectivity index (χ1n) is 7.71. The Balaban J connectivity index is 1.66. The molecule has 0 heterocycles. The van der Waals surface area contributed by atoms with Crippen LogP contribution in [0.4, 0.5) is 4.79 Å². The molecule has 0 saturated heterocycles. The second-order valence-corrected chi connectivity index (χ2v) is 7.31. The Morgan fingerprint density at radius 1 is 1.30 bits per heavy atom. The number of ether oxygens (including phenoxy) is 1. The molecule has 20 heavy (non-hydrogen) atoms. The van der Waals surface area contributed by atoms with E-state index < -0.39 is 11.2 Å². The predicted octanol–water partition coefficient (Wildman–Crippen LogP) is 1.94. The average molecular weight is 284 g/mol. The molecule has 0 aromatic heterocycles. The van der Waals surface area contributed by atoms with Crippen molar-refractivity contribution in [3.63, 3.8) is 0 Å². The van der Waals surface area contributed by atoms with E-state index in [9.17, 15) is 9.90 Å². The lowest BCUT2D eigenvalue weighted by molar-refractivity contribution is -0.0331. The van der Waals surface area contributed by atoms with E-state index in [4.69, 9.17) is 4.74 Å². The van der Waals surface area contributed by atoms with Crippen molar-refractivity contribution in [1.29, 1.82) is 0 Å². The van der Waals surface area contributed by atoms with Crippen LogP contribution in [-0.4, -0.2) is 41.0 Å². The fourth-order valence-electron chi connectivity index (χ4n) is 2.87. The van der Waals surface area contributed by atoms with Crippen molar-refractivity contribution in [2.75, 3.05) is 6.54 Å². The van der Waals surface area contributed by atoms with Crippen LogP contribution in [-0.2, 0) is 4.74 Å². The number of aliphatic hydroxyl groups is 1. The first-order chi connectivity index (χ1) is 9.26. The van der Waals surface area contributed by atoms with Gasteiger partial charge in [0.05, 0.1) is 5.60 Å². The van der Waals surface area contributed by atoms with Crippen LogP contribution >= 0.6 is 0 Å². The summed E-state index contributed by atoms with van der Waals surface area (Å²) in [6, 6.07) is 0.568. The molecule has 0 aromatic carbocycles. The number of hydrogen-bond acceptors (Lipinski definition) is 4. The first kappa shape index (κ1) is 15.6. The molecule has 5 heteroatoms. The summed E-state index contributed by atoms with van der Waals surface area (Å²) < 4.78 is 5.27. The fourth-order valence-corrected chi connectivity index (χ4v) is 2.87. The van der Waals surface area contributed by atoms with Gasteiger partial charge in [-0.3, -0.25) is 0 Å². The van der Waals surface area contributed by atoms with Crippen molar-refractivity contribution in [2.45, 2.75) is 82.6 Å². The van der Waals surface area contributed by atoms with E-state index in [-0.39, 0.29) is 12.1 Å². The van der Waals surface area contributed by atoms with Gasteiger partial charge in [0.25, 0.3) is 0 Å². The van der Waals surface area contributed by atoms with Crippen LogP contribution in [0.15, 0.2) is 0 Å². The fraction of sp³-hybridized carbons (Fsp3) is 0.933. The highest BCUT2D eigenvalue weighted by molar-refractivity contribution is 5.68. The number of hydrogen-bond donors (Lipinski definition) is 3. The van der Waals surface area contributed by atoms with E-state index in [1.807, 2.05) is 20.8 Å². The van der Waals surface area contributed by atoms with Crippen LogP contribution in [0.5, 0.6) is 0 Å². The molecule has 0 bridgehead atoms. The van der Waals surface area contributed by atoms with Gasteiger partial charge in [-0.1, -0.05) is 0 Å². The van der Waals surface area contributed by atoms with Crippen LogP contribution in [0.25, 0.3) is 0 Å². The van der Waals surface area contributed by atoms with Crippen LogP contribution < -0.4 is 10.6 Å². The normalized spacial score (nSPS) is 28.8. The Morgan fingerprint density at radius 2 is 1.95 bits per heavy atom. The minimum Gasteiger partial charge on any atom is -0.444 e. The molecule has 0 spiro atoms. The number of alkyl carbamates (subject to hydrolysis) is 1. The molecular formula is C15H28N2O3. The van der Waals surface area contributed by atoms with Gasteiger partial charge in [-0.25, -0.2) is 4.79 Å². The summed E-state index contributed by atoms with van der Waals surface area (Å²) in [5.74, 6) is 0. The van der Waals surface area contributed by atoms with E-state index in [0.29, 0.717) is 12.6 Å². The van der Waals surface area contributed by atoms with Crippen molar-refractivity contribution >= 4 is 6.09 Å². The van der Waals surface area contributed by atoms with Gasteiger partial charge in [0.2, 0.25) is 0 Å². The molecule has 5 nitrogen and oxygen atoms in total. The second-order valence-electron chi connectivity index (χ2n) is 7.31. The zero-order valence-corrected chi connectivity index (χ0v) is 12.9. The minimum absolute atomic E-state index is 0.179. The van der Waals surface area contributed by atoms with E-state index in [0.717, 1.165) is 38.5 Å². The molecule has 0 aliphatic heterocycles. The number of rotatable bonds is 4. The summed E-state index contributed by atoms with van der Waals surface area (Å²) in [4.78, 5) is 11.7. The summed E-state index contributed by atoms with van der Waals surface area (Å²) in [6.07, 6.45) is 5.53. The van der Waals surface area contributed by atoms with Crippen LogP contribution in [0.3, 0.4) is 0 Å². The van der Waals surface area contributed by atoms with Gasteiger partial charge in [-0.15, -0.1) is 0 Å². The van der Waals surface area contributed by atoms with Crippen molar-refractivity contribution in [3.8, 4) is 0 Å². The maximum atomic E-state index is 11.7. The summed E-state index contributed by atoms with van der Waals surface area (Å²) >= 11 is 0. The Kier molecular flexibility index (Phi) is 4.59. The van der Waals surface area contributed by atoms with Gasteiger partial charge in [-0.05, 0) is 59.3 Å². The second kappa shape index (κ2) is 5.90. The molecule has 2 atom stereocenters. The van der Waals surface area contributed by atoms with Gasteiger partial charge >= 0.3 is 6.09 Å². The van der Waals surface area contributed by atoms with E-state index in [1.165, 1.54) is 0 Å². The molecule has 3 N–H and O–H groups in total. The van der Waals surface area contributed by atoms with Gasteiger partial charge in [0.15, 0.2) is 0 Å². The molecule has 2 fully saturated rings. The van der Waals surface area contributed by atoms with E-state index in [1.54, 1.807) is 0 Å². The summed E-state index contributed by atoms with van der Waals surface area (Å²) in [5, 5.41) is 16.4. The maximum absolute atomic E-state index is 11.7. The highest BCUT2D eigenvalue weighted by atomic mass is 16.6. The molecule has 2 rings (SSSR count). The van der Waals surface area contributed by atoms with Gasteiger partial charge in [0.1, 0.15) is 5.60 Å². The number of carbonyl (C=O) groups excluding carboxylic acids is 1. The van der Waals surface area contributed by atoms with E-state index in [2.05, 4.69) is 10.6 Å². The lowest BCUT2D eigenvalue weighted by Gasteiger charge is -2.37. The number of amides is 1. The molecule has 2 aliphatic rings. The van der Waals surface area contributed by atoms with Crippen molar-refractivity contribution in [3.05, 3.63) is 0 Å². The number of nitrogens with one attached hydrogen (secondary N) is 2. The predicted molar refractivity (Wildman–Crippen MR) is 77.6 cm³/mol. The van der Waals surface area contributed by atoms with Gasteiger partial charge in [-0.2, -0.15) is 0 Å². The summed E-state index contributed by atoms with van der Waals surface area (Å²) in [6.45, 7) is 6.28. The Labute approximate surface area is 121 Å². The van der Waals surface area contributed by atoms with E-state index >= 15 is 0 Å². The molecule has 0 aromatic rings. The zero-order chi connectivity index (χ0) is 14.8. The van der Waals surface area contributed by atoms with Crippen molar-refractivity contribution in [2.24, 2.45) is 0 Å². The topological polar surface area (TPSA) is 70.6 Å². The van der Waals surface area contributed by atoms with Crippen LogP contribution in [0, 0.1) is 0 Å². The molecule has 116 valence electrons. The Hall–Kier alpha value is -0.810. The van der Waals surface area contributed by atoms with Gasteiger partial charge in [0, 0.05) is 18.6 Å². The standard InChI is InChI=1S/C15H28N2O3/c1-14(2,3)20-13(18)17-12-6-5-11(9-12)16-10-15(19)7-4-8-15/h11-12,16,19H,4-10H2,1-3H3,(H,17,18). The smallest absolute Gasteiger partial charge is 0.407 e. The monoisotopic (exact) mass is 284 g/mol. The molecule has 2 unspecified atom stereocenters. The third-order valence-corrected chi connectivity index (χ3v) is 4.16. The summed E-state index contributed by atoms with van der Waals surface area (Å²) in [5.41, 5.74) is -0.926. The van der Waals surface area contributed by atoms with Gasteiger partial charge < -0.3 is 20.5 Å². The lowest BCUT2D eigenvalue weighted by atomic mass is 9.80. The maximum Gasteiger partial charge on any atom is 0.407 e. The highest BCUT2D eigenvalue weighted by Gasteiger charge is 2.35. The molecule has 2 aliphatic carbocycles. The third kappa shape index (κ3) is 4.63. The molecular weight excluding hydrogens is 256 g/mol. The zero-order valence-electron chi connectivity index (χ0n) is 12.9. The average Bonchev–Trinajstić information content (AvgIpc) is 2.68. The molecule has 1 amide bonds. The Morgan fingerprint density at radius 3 is 2.50 bits per heavy atom. The van der Waals surface area contributed by atoms with Crippen molar-refractivity contribution < 1.29 is 14.6 Å². The summed E-state index contributed by atoms with van der Waals surface area (Å²) in [7, 11) is 0. The third-order valence-electron chi connectivity index (χ3n) is 4.16. The largest absolute Gasteiger partial charge is 0.444 e. The first-order valence-corrected chi connectivity index (χ1v) is 7.71. The molecule has 0 radical (unpaired) electrons. The van der Waals surface area contributed by atoms with Crippen LogP contribution in [0.1, 0.15) is 59.3 Å². The van der Waals surface area contributed by atoms with Crippen molar-refractivity contribution in [1.82, 2.24) is 10.6 Å². The minimum atomic E-state index is -0.476. The molecule has 2 saturated carbocycles. The highest BCUT2D eigenvalue weighted by Crippen LogP contribution is 2.31. The van der Waals surface area contributed by atoms with Crippen LogP contribution in [0.2, 0.25) is 0 Å². The Bertz CT molecular complexity index is 348. The SMILES string of the molecule is CC(C)(C)OC(=O)NC1CCC(NCC2(O)CCC2)C1. The number of carbonyl (C=O) groups is 1.